The third kappa shape index (κ3) is 5.01. The van der Waals surface area contributed by atoms with Gasteiger partial charge in [0.1, 0.15) is 0 Å². The molecule has 3 aromatic rings. The van der Waals surface area contributed by atoms with Gasteiger partial charge in [-0.15, -0.1) is 0 Å². The van der Waals surface area contributed by atoms with Crippen LogP contribution in [-0.4, -0.2) is 37.8 Å². The summed E-state index contributed by atoms with van der Waals surface area (Å²) in [4.78, 5) is 25.0. The Bertz CT molecular complexity index is 1110. The molecule has 0 fully saturated rings. The van der Waals surface area contributed by atoms with E-state index >= 15 is 0 Å². The van der Waals surface area contributed by atoms with Crippen LogP contribution in [0.2, 0.25) is 0 Å². The zero-order chi connectivity index (χ0) is 22.8. The summed E-state index contributed by atoms with van der Waals surface area (Å²) in [6.45, 7) is 5.88. The number of halogens is 3. The van der Waals surface area contributed by atoms with Crippen molar-refractivity contribution in [2.45, 2.75) is 39.9 Å². The van der Waals surface area contributed by atoms with Gasteiger partial charge < -0.3 is 5.32 Å². The molecule has 7 nitrogen and oxygen atoms in total. The Morgan fingerprint density at radius 3 is 2.55 bits per heavy atom. The van der Waals surface area contributed by atoms with Gasteiger partial charge in [0.05, 0.1) is 34.4 Å². The smallest absolute Gasteiger partial charge is 0.349 e. The molecular weight excluding hydrogens is 411 g/mol. The number of amides is 1. The van der Waals surface area contributed by atoms with E-state index in [0.717, 1.165) is 17.7 Å². The maximum absolute atomic E-state index is 13.0. The predicted octanol–water partition coefficient (Wildman–Crippen LogP) is 3.40. The van der Waals surface area contributed by atoms with Crippen LogP contribution >= 0.6 is 0 Å². The number of rotatable bonds is 7. The maximum Gasteiger partial charge on any atom is 0.416 e. The number of aryl methyl sites for hydroxylation is 3. The second-order valence-electron chi connectivity index (χ2n) is 7.23. The van der Waals surface area contributed by atoms with Gasteiger partial charge in [0.2, 0.25) is 0 Å². The molecule has 0 bridgehead atoms. The van der Waals surface area contributed by atoms with Crippen molar-refractivity contribution in [3.05, 3.63) is 64.7 Å². The molecule has 0 saturated carbocycles. The summed E-state index contributed by atoms with van der Waals surface area (Å²) in [6.07, 6.45) is -0.307. The number of carbonyl (C=O) groups excluding carboxylic acids is 2. The number of carbonyl (C=O) groups is 2. The third-order valence-electron chi connectivity index (χ3n) is 4.75. The molecule has 1 N–H and O–H groups in total. The number of ketones is 1. The fraction of sp³-hybridized carbons (Fsp3) is 0.333. The Labute approximate surface area is 176 Å². The van der Waals surface area contributed by atoms with Crippen molar-refractivity contribution < 1.29 is 22.8 Å². The van der Waals surface area contributed by atoms with Crippen molar-refractivity contribution >= 4 is 11.7 Å². The number of nitrogens with zero attached hydrogens (tertiary/aromatic N) is 4. The predicted molar refractivity (Wildman–Crippen MR) is 107 cm³/mol. The Hall–Kier alpha value is -3.43. The van der Waals surface area contributed by atoms with E-state index in [0.29, 0.717) is 18.7 Å². The minimum absolute atomic E-state index is 0.0811. The molecular formula is C21H22F3N5O2. The van der Waals surface area contributed by atoms with E-state index < -0.39 is 23.4 Å². The van der Waals surface area contributed by atoms with Gasteiger partial charge in [-0.3, -0.25) is 14.3 Å². The summed E-state index contributed by atoms with van der Waals surface area (Å²) in [6, 6.07) is 4.63. The van der Waals surface area contributed by atoms with Crippen molar-refractivity contribution in [1.29, 1.82) is 0 Å². The number of benzene rings is 1. The Morgan fingerprint density at radius 2 is 1.90 bits per heavy atom. The van der Waals surface area contributed by atoms with Gasteiger partial charge in [-0.25, -0.2) is 4.68 Å². The standard InChI is InChI=1S/C21H22F3N5O2/c1-13-11-26-28(12-13)9-5-8-25-20(31)19(30)18-14(2)27-29(15(18)3)17-7-4-6-16(10-17)21(22,23)24/h4,6-7,10-12H,5,8-9H2,1-3H3,(H,25,31). The molecule has 0 spiro atoms. The molecule has 3 rings (SSSR count). The molecule has 10 heteroatoms. The zero-order valence-corrected chi connectivity index (χ0v) is 17.3. The molecule has 0 radical (unpaired) electrons. The average Bonchev–Trinajstić information content (AvgIpc) is 3.26. The molecule has 2 aromatic heterocycles. The van der Waals surface area contributed by atoms with E-state index in [9.17, 15) is 22.8 Å². The van der Waals surface area contributed by atoms with E-state index in [1.54, 1.807) is 17.8 Å². The highest BCUT2D eigenvalue weighted by Gasteiger charge is 2.31. The van der Waals surface area contributed by atoms with Crippen LogP contribution in [0.15, 0.2) is 36.7 Å². The number of aromatic nitrogens is 4. The van der Waals surface area contributed by atoms with Crippen molar-refractivity contribution in [2.75, 3.05) is 6.54 Å². The first-order valence-corrected chi connectivity index (χ1v) is 9.63. The number of hydrogen-bond acceptors (Lipinski definition) is 4. The van der Waals surface area contributed by atoms with Crippen molar-refractivity contribution in [1.82, 2.24) is 24.9 Å². The van der Waals surface area contributed by atoms with Gasteiger partial charge in [-0.05, 0) is 51.0 Å². The van der Waals surface area contributed by atoms with E-state index in [4.69, 9.17) is 0 Å². The summed E-state index contributed by atoms with van der Waals surface area (Å²) in [5.41, 5.74) is 1.01. The summed E-state index contributed by atoms with van der Waals surface area (Å²) >= 11 is 0. The van der Waals surface area contributed by atoms with Gasteiger partial charge in [-0.2, -0.15) is 23.4 Å². The molecule has 0 saturated heterocycles. The van der Waals surface area contributed by atoms with Gasteiger partial charge >= 0.3 is 6.18 Å². The van der Waals surface area contributed by atoms with Crippen molar-refractivity contribution in [2.24, 2.45) is 0 Å². The van der Waals surface area contributed by atoms with Crippen LogP contribution < -0.4 is 5.32 Å². The summed E-state index contributed by atoms with van der Waals surface area (Å²) in [7, 11) is 0. The van der Waals surface area contributed by atoms with Crippen LogP contribution in [0.1, 0.15) is 39.3 Å². The minimum atomic E-state index is -4.50. The van der Waals surface area contributed by atoms with E-state index in [1.165, 1.54) is 23.7 Å². The average molecular weight is 433 g/mol. The third-order valence-corrected chi connectivity index (χ3v) is 4.75. The lowest BCUT2D eigenvalue weighted by Crippen LogP contribution is -2.32. The highest BCUT2D eigenvalue weighted by Crippen LogP contribution is 2.30. The molecule has 1 aromatic carbocycles. The summed E-state index contributed by atoms with van der Waals surface area (Å²) in [5, 5.41) is 10.9. The fourth-order valence-electron chi connectivity index (χ4n) is 3.26. The summed E-state index contributed by atoms with van der Waals surface area (Å²) in [5.74, 6) is -1.56. The molecule has 164 valence electrons. The van der Waals surface area contributed by atoms with Crippen LogP contribution in [0.4, 0.5) is 13.2 Å². The Balaban J connectivity index is 1.70. The topological polar surface area (TPSA) is 81.8 Å². The molecule has 0 aliphatic carbocycles. The Kier molecular flexibility index (Phi) is 6.28. The first-order chi connectivity index (χ1) is 14.6. The highest BCUT2D eigenvalue weighted by molar-refractivity contribution is 6.43. The van der Waals surface area contributed by atoms with E-state index in [1.807, 2.05) is 13.1 Å². The number of alkyl halides is 3. The highest BCUT2D eigenvalue weighted by atomic mass is 19.4. The lowest BCUT2D eigenvalue weighted by molar-refractivity contribution is -0.137. The fourth-order valence-corrected chi connectivity index (χ4v) is 3.26. The summed E-state index contributed by atoms with van der Waals surface area (Å²) < 4.78 is 42.0. The minimum Gasteiger partial charge on any atom is -0.349 e. The van der Waals surface area contributed by atoms with Crippen molar-refractivity contribution in [3.8, 4) is 5.69 Å². The molecule has 31 heavy (non-hydrogen) atoms. The van der Waals surface area contributed by atoms with Crippen LogP contribution in [0, 0.1) is 20.8 Å². The second kappa shape index (κ2) is 8.75. The van der Waals surface area contributed by atoms with Crippen LogP contribution in [0.5, 0.6) is 0 Å². The molecule has 0 aliphatic rings. The molecule has 0 aliphatic heterocycles. The maximum atomic E-state index is 13.0. The molecule has 1 amide bonds. The number of nitrogens with one attached hydrogen (secondary N) is 1. The van der Waals surface area contributed by atoms with Gasteiger partial charge in [0.15, 0.2) is 0 Å². The quantitative estimate of drug-likeness (QED) is 0.352. The van der Waals surface area contributed by atoms with Gasteiger partial charge in [0, 0.05) is 19.3 Å². The first-order valence-electron chi connectivity index (χ1n) is 9.63. The molecule has 2 heterocycles. The molecule has 0 atom stereocenters. The molecule has 0 unspecified atom stereocenters. The lowest BCUT2D eigenvalue weighted by Gasteiger charge is -2.10. The SMILES string of the molecule is Cc1cnn(CCCNC(=O)C(=O)c2c(C)nn(-c3cccc(C(F)(F)F)c3)c2C)c1. The van der Waals surface area contributed by atoms with E-state index in [2.05, 4.69) is 15.5 Å². The van der Waals surface area contributed by atoms with E-state index in [-0.39, 0.29) is 23.5 Å². The number of Topliss-reactive ketones (excluding diaryl/α,β-unsaturated/α-hetero) is 1. The lowest BCUT2D eigenvalue weighted by atomic mass is 10.1. The van der Waals surface area contributed by atoms with Crippen LogP contribution in [0.25, 0.3) is 5.69 Å². The normalized spacial score (nSPS) is 11.5. The number of hydrogen-bond donors (Lipinski definition) is 1. The zero-order valence-electron chi connectivity index (χ0n) is 17.3. The largest absolute Gasteiger partial charge is 0.416 e. The van der Waals surface area contributed by atoms with Gasteiger partial charge in [-0.1, -0.05) is 6.07 Å². The van der Waals surface area contributed by atoms with Crippen LogP contribution in [-0.2, 0) is 17.5 Å². The first kappa shape index (κ1) is 22.3. The van der Waals surface area contributed by atoms with Crippen LogP contribution in [0.3, 0.4) is 0 Å². The second-order valence-corrected chi connectivity index (χ2v) is 7.23. The monoisotopic (exact) mass is 433 g/mol. The van der Waals surface area contributed by atoms with Crippen molar-refractivity contribution in [3.63, 3.8) is 0 Å². The van der Waals surface area contributed by atoms with Gasteiger partial charge in [0.25, 0.3) is 11.7 Å². The Morgan fingerprint density at radius 1 is 1.16 bits per heavy atom.